The first kappa shape index (κ1) is 26.4. The van der Waals surface area contributed by atoms with Crippen LogP contribution in [0.1, 0.15) is 6.92 Å². The van der Waals surface area contributed by atoms with Gasteiger partial charge in [-0.2, -0.15) is 18.2 Å². The molecule has 192 valence electrons. The molecule has 0 fully saturated rings. The van der Waals surface area contributed by atoms with E-state index < -0.39 is 32.7 Å². The van der Waals surface area contributed by atoms with E-state index in [9.17, 15) is 31.5 Å². The van der Waals surface area contributed by atoms with Gasteiger partial charge in [0.2, 0.25) is 5.60 Å². The number of carbonyl (C=O) groups excluding carboxylic acids is 1. The molecule has 2 N–H and O–H groups in total. The second-order valence-corrected chi connectivity index (χ2v) is 10.3. The Morgan fingerprint density at radius 3 is 2.08 bits per heavy atom. The largest absolute Gasteiger partial charge is 0.427 e. The van der Waals surface area contributed by atoms with Crippen molar-refractivity contribution in [3.8, 4) is 22.6 Å². The van der Waals surface area contributed by atoms with Crippen LogP contribution in [-0.4, -0.2) is 36.2 Å². The molecule has 0 bridgehead atoms. The van der Waals surface area contributed by atoms with Gasteiger partial charge in [0.25, 0.3) is 15.7 Å². The number of anilines is 1. The SMILES string of the molecule is CC(O)(C(=O)Nc1ccc(S(=O)(=O)c2nc(-c3ccccc3)c(-c3ccccc3)o2)cc1Cl)C(F)(F)F. The number of nitrogens with one attached hydrogen (secondary N) is 1. The maximum absolute atomic E-state index is 13.3. The number of halogens is 4. The Hall–Kier alpha value is -3.67. The van der Waals surface area contributed by atoms with Crippen LogP contribution in [0.15, 0.2) is 93.4 Å². The standard InChI is InChI=1S/C25H18ClF3N2O5S/c1-24(33,25(27,28)29)22(32)30-19-13-12-17(14-18(19)26)37(34,35)23-31-20(15-8-4-2-5-9-15)21(36-23)16-10-6-3-7-11-16/h2-14,33H,1H3,(H,30,32). The average molecular weight is 551 g/mol. The van der Waals surface area contributed by atoms with Crippen LogP contribution in [0, 0.1) is 0 Å². The van der Waals surface area contributed by atoms with Gasteiger partial charge in [0, 0.05) is 11.1 Å². The van der Waals surface area contributed by atoms with Crippen LogP contribution in [0.25, 0.3) is 22.6 Å². The van der Waals surface area contributed by atoms with E-state index in [1.165, 1.54) is 0 Å². The average Bonchev–Trinajstić information content (AvgIpc) is 3.32. The summed E-state index contributed by atoms with van der Waals surface area (Å²) in [4.78, 5) is 15.8. The Morgan fingerprint density at radius 1 is 0.973 bits per heavy atom. The summed E-state index contributed by atoms with van der Waals surface area (Å²) in [5.41, 5.74) is -2.55. The fraction of sp³-hybridized carbons (Fsp3) is 0.120. The van der Waals surface area contributed by atoms with Gasteiger partial charge in [0.1, 0.15) is 5.69 Å². The van der Waals surface area contributed by atoms with Crippen LogP contribution in [0.5, 0.6) is 0 Å². The third kappa shape index (κ3) is 5.10. The summed E-state index contributed by atoms with van der Waals surface area (Å²) in [6, 6.07) is 20.5. The number of carbonyl (C=O) groups is 1. The fourth-order valence-corrected chi connectivity index (χ4v) is 4.65. The minimum absolute atomic E-state index is 0.217. The van der Waals surface area contributed by atoms with Crippen molar-refractivity contribution in [2.45, 2.75) is 28.8 Å². The third-order valence-electron chi connectivity index (χ3n) is 5.41. The number of sulfone groups is 1. The van der Waals surface area contributed by atoms with Crippen molar-refractivity contribution in [2.75, 3.05) is 5.32 Å². The molecule has 0 aliphatic heterocycles. The topological polar surface area (TPSA) is 110 Å². The highest BCUT2D eigenvalue weighted by Crippen LogP contribution is 2.37. The lowest BCUT2D eigenvalue weighted by Crippen LogP contribution is -2.52. The Labute approximate surface area is 214 Å². The Morgan fingerprint density at radius 2 is 1.54 bits per heavy atom. The molecule has 0 aliphatic carbocycles. The van der Waals surface area contributed by atoms with Gasteiger partial charge in [0.05, 0.1) is 15.6 Å². The summed E-state index contributed by atoms with van der Waals surface area (Å²) in [6.45, 7) is 0.284. The number of alkyl halides is 3. The highest BCUT2D eigenvalue weighted by molar-refractivity contribution is 7.91. The van der Waals surface area contributed by atoms with Crippen molar-refractivity contribution in [1.29, 1.82) is 0 Å². The quantitative estimate of drug-likeness (QED) is 0.316. The van der Waals surface area contributed by atoms with E-state index in [1.807, 2.05) is 5.32 Å². The van der Waals surface area contributed by atoms with Crippen molar-refractivity contribution in [2.24, 2.45) is 0 Å². The highest BCUT2D eigenvalue weighted by Gasteiger charge is 2.55. The number of rotatable bonds is 6. The molecule has 7 nitrogen and oxygen atoms in total. The van der Waals surface area contributed by atoms with Crippen LogP contribution in [0.2, 0.25) is 5.02 Å². The van der Waals surface area contributed by atoms with E-state index in [2.05, 4.69) is 4.98 Å². The number of hydrogen-bond acceptors (Lipinski definition) is 6. The molecule has 1 heterocycles. The molecule has 4 aromatic rings. The smallest absolute Gasteiger partial charge is 0.426 e. The fourth-order valence-electron chi connectivity index (χ4n) is 3.23. The number of nitrogens with zero attached hydrogens (tertiary/aromatic N) is 1. The zero-order chi connectivity index (χ0) is 27.0. The van der Waals surface area contributed by atoms with Crippen molar-refractivity contribution in [1.82, 2.24) is 4.98 Å². The molecule has 0 saturated heterocycles. The Kier molecular flexibility index (Phi) is 6.89. The zero-order valence-corrected chi connectivity index (χ0v) is 20.5. The van der Waals surface area contributed by atoms with Crippen LogP contribution < -0.4 is 5.32 Å². The molecule has 1 amide bonds. The Balaban J connectivity index is 1.72. The number of hydrogen-bond donors (Lipinski definition) is 2. The van der Waals surface area contributed by atoms with Gasteiger partial charge in [-0.05, 0) is 25.1 Å². The number of amides is 1. The number of benzene rings is 3. The van der Waals surface area contributed by atoms with Gasteiger partial charge >= 0.3 is 11.4 Å². The molecule has 0 radical (unpaired) electrons. The molecule has 0 saturated carbocycles. The van der Waals surface area contributed by atoms with E-state index in [4.69, 9.17) is 16.0 Å². The van der Waals surface area contributed by atoms with E-state index >= 15 is 0 Å². The molecule has 3 aromatic carbocycles. The van der Waals surface area contributed by atoms with Crippen LogP contribution in [0.3, 0.4) is 0 Å². The molecule has 4 rings (SSSR count). The van der Waals surface area contributed by atoms with Gasteiger partial charge in [0.15, 0.2) is 5.76 Å². The van der Waals surface area contributed by atoms with Gasteiger partial charge in [-0.15, -0.1) is 0 Å². The minimum atomic E-state index is -5.25. The molecule has 12 heteroatoms. The van der Waals surface area contributed by atoms with Gasteiger partial charge in [-0.1, -0.05) is 72.3 Å². The molecular weight excluding hydrogens is 533 g/mol. The predicted molar refractivity (Wildman–Crippen MR) is 130 cm³/mol. The Bertz CT molecular complexity index is 1500. The lowest BCUT2D eigenvalue weighted by molar-refractivity contribution is -0.242. The maximum Gasteiger partial charge on any atom is 0.426 e. The minimum Gasteiger partial charge on any atom is -0.427 e. The van der Waals surface area contributed by atoms with Crippen molar-refractivity contribution in [3.05, 3.63) is 83.9 Å². The van der Waals surface area contributed by atoms with E-state index in [1.54, 1.807) is 60.7 Å². The summed E-state index contributed by atoms with van der Waals surface area (Å²) in [6.07, 6.45) is -5.25. The van der Waals surface area contributed by atoms with Gasteiger partial charge in [-0.25, -0.2) is 8.42 Å². The second kappa shape index (κ2) is 9.66. The third-order valence-corrected chi connectivity index (χ3v) is 7.24. The summed E-state index contributed by atoms with van der Waals surface area (Å²) in [5.74, 6) is -1.57. The van der Waals surface area contributed by atoms with Gasteiger partial charge in [-0.3, -0.25) is 4.79 Å². The second-order valence-electron chi connectivity index (χ2n) is 8.06. The van der Waals surface area contributed by atoms with Crippen molar-refractivity contribution < 1.29 is 35.9 Å². The highest BCUT2D eigenvalue weighted by atomic mass is 35.5. The zero-order valence-electron chi connectivity index (χ0n) is 19.0. The first-order chi connectivity index (χ1) is 17.3. The first-order valence-corrected chi connectivity index (χ1v) is 12.5. The lowest BCUT2D eigenvalue weighted by atomic mass is 10.1. The molecular formula is C25H18ClF3N2O5S. The maximum atomic E-state index is 13.3. The number of aliphatic hydroxyl groups is 1. The molecule has 1 aromatic heterocycles. The van der Waals surface area contributed by atoms with Gasteiger partial charge < -0.3 is 14.8 Å². The molecule has 0 spiro atoms. The van der Waals surface area contributed by atoms with Crippen LogP contribution in [-0.2, 0) is 14.6 Å². The van der Waals surface area contributed by atoms with Crippen LogP contribution >= 0.6 is 11.6 Å². The first-order valence-electron chi connectivity index (χ1n) is 10.6. The molecule has 0 aliphatic rings. The molecule has 1 unspecified atom stereocenters. The van der Waals surface area contributed by atoms with Crippen LogP contribution in [0.4, 0.5) is 18.9 Å². The van der Waals surface area contributed by atoms with E-state index in [0.29, 0.717) is 11.1 Å². The van der Waals surface area contributed by atoms with E-state index in [-0.39, 0.29) is 34.0 Å². The monoisotopic (exact) mass is 550 g/mol. The van der Waals surface area contributed by atoms with Crippen molar-refractivity contribution >= 4 is 33.0 Å². The summed E-state index contributed by atoms with van der Waals surface area (Å²) < 4.78 is 71.2. The number of aromatic nitrogens is 1. The summed E-state index contributed by atoms with van der Waals surface area (Å²) >= 11 is 6.07. The van der Waals surface area contributed by atoms with E-state index in [0.717, 1.165) is 18.2 Å². The predicted octanol–water partition coefficient (Wildman–Crippen LogP) is 5.75. The summed E-state index contributed by atoms with van der Waals surface area (Å²) in [7, 11) is -4.38. The van der Waals surface area contributed by atoms with Crippen molar-refractivity contribution in [3.63, 3.8) is 0 Å². The normalized spacial score (nSPS) is 13.7. The summed E-state index contributed by atoms with van der Waals surface area (Å²) in [5, 5.41) is 10.4. The molecule has 1 atom stereocenters. The number of oxazole rings is 1. The molecule has 37 heavy (non-hydrogen) atoms. The lowest BCUT2D eigenvalue weighted by Gasteiger charge is -2.25.